The van der Waals surface area contributed by atoms with Crippen molar-refractivity contribution in [2.24, 2.45) is 0 Å². The molecule has 0 aliphatic carbocycles. The molecule has 0 aromatic carbocycles. The highest BCUT2D eigenvalue weighted by atomic mass is 79.9. The van der Waals surface area contributed by atoms with Gasteiger partial charge in [-0.1, -0.05) is 6.92 Å². The molecule has 0 bridgehead atoms. The van der Waals surface area contributed by atoms with Crippen LogP contribution in [0.5, 0.6) is 5.75 Å². The smallest absolute Gasteiger partial charge is 0.261 e. The van der Waals surface area contributed by atoms with Gasteiger partial charge < -0.3 is 15.4 Å². The van der Waals surface area contributed by atoms with Crippen LogP contribution >= 0.6 is 27.3 Å². The highest BCUT2D eigenvalue weighted by Crippen LogP contribution is 2.34. The molecule has 0 saturated heterocycles. The molecule has 0 radical (unpaired) electrons. The SMILES string of the molecule is CCNCCNC(=O)c1cc(OC)c(Br)s1. The van der Waals surface area contributed by atoms with Crippen LogP contribution < -0.4 is 15.4 Å². The third-order valence-corrected chi connectivity index (χ3v) is 3.72. The van der Waals surface area contributed by atoms with Gasteiger partial charge in [-0.2, -0.15) is 0 Å². The summed E-state index contributed by atoms with van der Waals surface area (Å²) in [5, 5.41) is 5.97. The first-order valence-electron chi connectivity index (χ1n) is 5.01. The van der Waals surface area contributed by atoms with Crippen molar-refractivity contribution in [1.29, 1.82) is 0 Å². The zero-order chi connectivity index (χ0) is 12.0. The van der Waals surface area contributed by atoms with E-state index in [2.05, 4.69) is 26.6 Å². The number of likely N-dealkylation sites (N-methyl/N-ethyl adjacent to an activating group) is 1. The standard InChI is InChI=1S/C10H15BrN2O2S/c1-3-12-4-5-13-10(14)8-6-7(15-2)9(11)16-8/h6,12H,3-5H2,1-2H3,(H,13,14). The summed E-state index contributed by atoms with van der Waals surface area (Å²) in [4.78, 5) is 12.3. The van der Waals surface area contributed by atoms with Crippen LogP contribution in [-0.4, -0.2) is 32.7 Å². The molecule has 16 heavy (non-hydrogen) atoms. The largest absolute Gasteiger partial charge is 0.495 e. The fourth-order valence-corrected chi connectivity index (χ4v) is 2.70. The van der Waals surface area contributed by atoms with E-state index in [-0.39, 0.29) is 5.91 Å². The zero-order valence-corrected chi connectivity index (χ0v) is 11.7. The second kappa shape index (κ2) is 6.88. The number of hydrogen-bond acceptors (Lipinski definition) is 4. The van der Waals surface area contributed by atoms with E-state index in [4.69, 9.17) is 4.74 Å². The summed E-state index contributed by atoms with van der Waals surface area (Å²) in [5.74, 6) is 0.633. The maximum absolute atomic E-state index is 11.7. The number of nitrogens with one attached hydrogen (secondary N) is 2. The predicted octanol–water partition coefficient (Wildman–Crippen LogP) is 1.86. The molecule has 0 unspecified atom stereocenters. The second-order valence-corrected chi connectivity index (χ2v) is 5.43. The molecule has 1 aromatic rings. The van der Waals surface area contributed by atoms with Crippen molar-refractivity contribution >= 4 is 33.2 Å². The first-order chi connectivity index (χ1) is 7.69. The molecule has 0 spiro atoms. The molecule has 0 saturated carbocycles. The lowest BCUT2D eigenvalue weighted by Crippen LogP contribution is -2.31. The Bertz CT molecular complexity index is 355. The molecule has 90 valence electrons. The van der Waals surface area contributed by atoms with Gasteiger partial charge in [-0.05, 0) is 22.5 Å². The number of thiophene rings is 1. The Kier molecular flexibility index (Phi) is 5.79. The molecular weight excluding hydrogens is 292 g/mol. The van der Waals surface area contributed by atoms with Gasteiger partial charge in [0.15, 0.2) is 0 Å². The van der Waals surface area contributed by atoms with E-state index < -0.39 is 0 Å². The van der Waals surface area contributed by atoms with Gasteiger partial charge in [0.25, 0.3) is 5.91 Å². The Balaban J connectivity index is 2.46. The fourth-order valence-electron chi connectivity index (χ4n) is 1.13. The van der Waals surface area contributed by atoms with Crippen LogP contribution in [0.15, 0.2) is 9.85 Å². The maximum Gasteiger partial charge on any atom is 0.261 e. The van der Waals surface area contributed by atoms with Crippen LogP contribution in [0.2, 0.25) is 0 Å². The monoisotopic (exact) mass is 306 g/mol. The van der Waals surface area contributed by atoms with Crippen LogP contribution in [0, 0.1) is 0 Å². The van der Waals surface area contributed by atoms with Crippen LogP contribution in [0.25, 0.3) is 0 Å². The van der Waals surface area contributed by atoms with Crippen molar-refractivity contribution < 1.29 is 9.53 Å². The summed E-state index contributed by atoms with van der Waals surface area (Å²) in [6.45, 7) is 4.35. The molecular formula is C10H15BrN2O2S. The quantitative estimate of drug-likeness (QED) is 0.789. The molecule has 2 N–H and O–H groups in total. The molecule has 4 nitrogen and oxygen atoms in total. The van der Waals surface area contributed by atoms with Crippen LogP contribution in [-0.2, 0) is 0 Å². The van der Waals surface area contributed by atoms with Gasteiger partial charge in [0.1, 0.15) is 9.54 Å². The summed E-state index contributed by atoms with van der Waals surface area (Å²) in [7, 11) is 1.58. The lowest BCUT2D eigenvalue weighted by molar-refractivity contribution is 0.0958. The number of rotatable bonds is 6. The van der Waals surface area contributed by atoms with Crippen LogP contribution in [0.4, 0.5) is 0 Å². The minimum absolute atomic E-state index is 0.0631. The number of ether oxygens (including phenoxy) is 1. The van der Waals surface area contributed by atoms with Crippen LogP contribution in [0.3, 0.4) is 0 Å². The van der Waals surface area contributed by atoms with Crippen molar-refractivity contribution in [3.63, 3.8) is 0 Å². The third kappa shape index (κ3) is 3.77. The molecule has 1 amide bonds. The lowest BCUT2D eigenvalue weighted by atomic mass is 10.4. The normalized spacial score (nSPS) is 10.2. The number of carbonyl (C=O) groups is 1. The molecule has 0 aliphatic rings. The predicted molar refractivity (Wildman–Crippen MR) is 69.4 cm³/mol. The van der Waals surface area contributed by atoms with Gasteiger partial charge in [0.2, 0.25) is 0 Å². The molecule has 0 aliphatic heterocycles. The topological polar surface area (TPSA) is 50.4 Å². The summed E-state index contributed by atoms with van der Waals surface area (Å²) < 4.78 is 5.93. The van der Waals surface area contributed by atoms with E-state index in [0.717, 1.165) is 16.9 Å². The molecule has 1 rings (SSSR count). The van der Waals surface area contributed by atoms with Gasteiger partial charge in [-0.15, -0.1) is 11.3 Å². The first-order valence-corrected chi connectivity index (χ1v) is 6.62. The van der Waals surface area contributed by atoms with Crippen molar-refractivity contribution in [3.8, 4) is 5.75 Å². The Labute approximate surface area is 108 Å². The second-order valence-electron chi connectivity index (χ2n) is 3.06. The minimum atomic E-state index is -0.0631. The summed E-state index contributed by atoms with van der Waals surface area (Å²) in [5.41, 5.74) is 0. The summed E-state index contributed by atoms with van der Waals surface area (Å²) in [6, 6.07) is 1.73. The zero-order valence-electron chi connectivity index (χ0n) is 9.30. The average Bonchev–Trinajstić information content (AvgIpc) is 2.66. The van der Waals surface area contributed by atoms with Crippen LogP contribution in [0.1, 0.15) is 16.6 Å². The van der Waals surface area contributed by atoms with Gasteiger partial charge in [0.05, 0.1) is 12.0 Å². The van der Waals surface area contributed by atoms with E-state index in [1.807, 2.05) is 6.92 Å². The lowest BCUT2D eigenvalue weighted by Gasteiger charge is -2.03. The molecule has 1 aromatic heterocycles. The maximum atomic E-state index is 11.7. The number of carbonyl (C=O) groups excluding carboxylic acids is 1. The number of halogens is 1. The highest BCUT2D eigenvalue weighted by Gasteiger charge is 2.12. The minimum Gasteiger partial charge on any atom is -0.495 e. The van der Waals surface area contributed by atoms with E-state index in [9.17, 15) is 4.79 Å². The van der Waals surface area contributed by atoms with Crippen molar-refractivity contribution in [3.05, 3.63) is 14.7 Å². The number of hydrogen-bond donors (Lipinski definition) is 2. The summed E-state index contributed by atoms with van der Waals surface area (Å²) >= 11 is 4.71. The Hall–Kier alpha value is -0.590. The van der Waals surface area contributed by atoms with E-state index in [1.165, 1.54) is 11.3 Å². The van der Waals surface area contributed by atoms with Crippen molar-refractivity contribution in [1.82, 2.24) is 10.6 Å². The van der Waals surface area contributed by atoms with E-state index in [0.29, 0.717) is 17.2 Å². The van der Waals surface area contributed by atoms with Crippen molar-refractivity contribution in [2.45, 2.75) is 6.92 Å². The number of methoxy groups -OCH3 is 1. The van der Waals surface area contributed by atoms with E-state index in [1.54, 1.807) is 13.2 Å². The van der Waals surface area contributed by atoms with Gasteiger partial charge in [-0.25, -0.2) is 0 Å². The van der Waals surface area contributed by atoms with Crippen molar-refractivity contribution in [2.75, 3.05) is 26.7 Å². The third-order valence-electron chi connectivity index (χ3n) is 1.94. The summed E-state index contributed by atoms with van der Waals surface area (Å²) in [6.07, 6.45) is 0. The van der Waals surface area contributed by atoms with Gasteiger partial charge >= 0.3 is 0 Å². The Morgan fingerprint density at radius 2 is 2.31 bits per heavy atom. The molecule has 6 heteroatoms. The molecule has 0 atom stereocenters. The van der Waals surface area contributed by atoms with Gasteiger partial charge in [0, 0.05) is 19.2 Å². The first kappa shape index (κ1) is 13.5. The van der Waals surface area contributed by atoms with E-state index >= 15 is 0 Å². The highest BCUT2D eigenvalue weighted by molar-refractivity contribution is 9.11. The fraction of sp³-hybridized carbons (Fsp3) is 0.500. The average molecular weight is 307 g/mol. The molecule has 0 fully saturated rings. The van der Waals surface area contributed by atoms with Gasteiger partial charge in [-0.3, -0.25) is 4.79 Å². The molecule has 1 heterocycles. The Morgan fingerprint density at radius 3 is 2.88 bits per heavy atom. The number of amides is 1. The Morgan fingerprint density at radius 1 is 1.56 bits per heavy atom.